The van der Waals surface area contributed by atoms with E-state index >= 15 is 0 Å². The quantitative estimate of drug-likeness (QED) is 0.625. The summed E-state index contributed by atoms with van der Waals surface area (Å²) in [6, 6.07) is 11.7. The summed E-state index contributed by atoms with van der Waals surface area (Å²) in [4.78, 5) is 0. The highest BCUT2D eigenvalue weighted by Crippen LogP contribution is 2.23. The van der Waals surface area contributed by atoms with E-state index in [1.807, 2.05) is 36.4 Å². The van der Waals surface area contributed by atoms with Crippen LogP contribution in [0.3, 0.4) is 0 Å². The van der Waals surface area contributed by atoms with Crippen LogP contribution in [0.15, 0.2) is 40.8 Å². The van der Waals surface area contributed by atoms with Crippen LogP contribution in [-0.4, -0.2) is 30.8 Å². The molecule has 5 heteroatoms. The Morgan fingerprint density at radius 2 is 1.81 bits per heavy atom. The Morgan fingerprint density at radius 3 is 2.52 bits per heavy atom. The van der Waals surface area contributed by atoms with Gasteiger partial charge in [-0.3, -0.25) is 0 Å². The number of hydrogen-bond acceptors (Lipinski definition) is 2. The molecular weight excluding hydrogens is 288 g/mol. The molecule has 0 aliphatic rings. The third-order valence-electron chi connectivity index (χ3n) is 3.22. The first kappa shape index (κ1) is 16.0. The monoisotopic (exact) mass is 310 g/mol. The SMILES string of the molecule is C[C@H](O)C[NH2+]CC[NH2+]Cc1ccc(-c2ccc(Cl)cc2)o1. The first-order valence-corrected chi connectivity index (χ1v) is 7.69. The molecule has 0 amide bonds. The molecule has 1 aromatic carbocycles. The summed E-state index contributed by atoms with van der Waals surface area (Å²) >= 11 is 5.88. The van der Waals surface area contributed by atoms with Crippen molar-refractivity contribution in [3.05, 3.63) is 47.2 Å². The molecule has 5 N–H and O–H groups in total. The predicted molar refractivity (Wildman–Crippen MR) is 83.0 cm³/mol. The molecule has 114 valence electrons. The van der Waals surface area contributed by atoms with Gasteiger partial charge in [0, 0.05) is 10.6 Å². The molecule has 1 aromatic heterocycles. The van der Waals surface area contributed by atoms with E-state index in [1.54, 1.807) is 6.92 Å². The van der Waals surface area contributed by atoms with Crippen LogP contribution in [0, 0.1) is 0 Å². The maximum Gasteiger partial charge on any atom is 0.158 e. The van der Waals surface area contributed by atoms with E-state index in [-0.39, 0.29) is 6.10 Å². The Hall–Kier alpha value is -1.33. The van der Waals surface area contributed by atoms with Crippen LogP contribution in [0.1, 0.15) is 12.7 Å². The molecule has 0 radical (unpaired) electrons. The Bertz CT molecular complexity index is 537. The molecule has 0 spiro atoms. The van der Waals surface area contributed by atoms with Crippen LogP contribution in [0.25, 0.3) is 11.3 Å². The molecule has 0 fully saturated rings. The summed E-state index contributed by atoms with van der Waals surface area (Å²) in [6.07, 6.45) is -0.239. The van der Waals surface area contributed by atoms with Crippen molar-refractivity contribution in [2.24, 2.45) is 0 Å². The summed E-state index contributed by atoms with van der Waals surface area (Å²) in [7, 11) is 0. The van der Waals surface area contributed by atoms with Gasteiger partial charge in [0.05, 0.1) is 6.10 Å². The Kier molecular flexibility index (Phi) is 6.26. The zero-order chi connectivity index (χ0) is 15.1. The average Bonchev–Trinajstić information content (AvgIpc) is 2.92. The molecule has 1 atom stereocenters. The lowest BCUT2D eigenvalue weighted by Gasteiger charge is -2.03. The molecule has 0 saturated carbocycles. The zero-order valence-corrected chi connectivity index (χ0v) is 13.0. The minimum Gasteiger partial charge on any atom is -0.455 e. The van der Waals surface area contributed by atoms with E-state index < -0.39 is 0 Å². The molecule has 0 saturated heterocycles. The molecule has 4 nitrogen and oxygen atoms in total. The van der Waals surface area contributed by atoms with Crippen LogP contribution < -0.4 is 10.6 Å². The van der Waals surface area contributed by atoms with E-state index in [0.717, 1.165) is 48.3 Å². The van der Waals surface area contributed by atoms with Crippen molar-refractivity contribution in [2.75, 3.05) is 19.6 Å². The van der Waals surface area contributed by atoms with Gasteiger partial charge in [-0.1, -0.05) is 11.6 Å². The average molecular weight is 311 g/mol. The smallest absolute Gasteiger partial charge is 0.158 e. The standard InChI is InChI=1S/C16H21ClN2O2/c1-12(20)10-18-8-9-19-11-15-6-7-16(21-15)13-2-4-14(17)5-3-13/h2-7,12,18-20H,8-11H2,1H3/p+2/t12-/m0/s1. The van der Waals surface area contributed by atoms with Crippen LogP contribution in [-0.2, 0) is 6.54 Å². The van der Waals surface area contributed by atoms with Gasteiger partial charge in [0.15, 0.2) is 5.76 Å². The highest BCUT2D eigenvalue weighted by molar-refractivity contribution is 6.30. The largest absolute Gasteiger partial charge is 0.455 e. The number of aliphatic hydroxyl groups is 1. The van der Waals surface area contributed by atoms with Gasteiger partial charge >= 0.3 is 0 Å². The Morgan fingerprint density at radius 1 is 1.10 bits per heavy atom. The summed E-state index contributed by atoms with van der Waals surface area (Å²) in [5.74, 6) is 1.84. The van der Waals surface area contributed by atoms with Gasteiger partial charge in [0.2, 0.25) is 0 Å². The summed E-state index contributed by atoms with van der Waals surface area (Å²) in [5, 5.41) is 14.2. The maximum absolute atomic E-state index is 9.15. The van der Waals surface area contributed by atoms with Gasteiger partial charge in [0.1, 0.15) is 31.9 Å². The topological polar surface area (TPSA) is 66.6 Å². The number of hydrogen-bond donors (Lipinski definition) is 3. The Labute approximate surface area is 130 Å². The summed E-state index contributed by atoms with van der Waals surface area (Å²) in [6.45, 7) is 5.39. The third-order valence-corrected chi connectivity index (χ3v) is 3.47. The van der Waals surface area contributed by atoms with Crippen molar-refractivity contribution in [2.45, 2.75) is 19.6 Å². The summed E-state index contributed by atoms with van der Waals surface area (Å²) in [5.41, 5.74) is 1.04. The minimum absolute atomic E-state index is 0.239. The number of aliphatic hydroxyl groups excluding tert-OH is 1. The lowest BCUT2D eigenvalue weighted by Crippen LogP contribution is -2.95. The molecule has 0 aliphatic heterocycles. The minimum atomic E-state index is -0.239. The molecule has 0 aliphatic carbocycles. The molecule has 1 heterocycles. The predicted octanol–water partition coefficient (Wildman–Crippen LogP) is 0.608. The van der Waals surface area contributed by atoms with Crippen molar-refractivity contribution in [1.29, 1.82) is 0 Å². The van der Waals surface area contributed by atoms with Gasteiger partial charge in [-0.25, -0.2) is 0 Å². The second kappa shape index (κ2) is 8.20. The van der Waals surface area contributed by atoms with Crippen LogP contribution in [0.5, 0.6) is 0 Å². The highest BCUT2D eigenvalue weighted by Gasteiger charge is 2.06. The summed E-state index contributed by atoms with van der Waals surface area (Å²) < 4.78 is 5.83. The van der Waals surface area contributed by atoms with Gasteiger partial charge in [-0.2, -0.15) is 0 Å². The van der Waals surface area contributed by atoms with E-state index in [0.29, 0.717) is 0 Å². The third kappa shape index (κ3) is 5.52. The molecule has 0 bridgehead atoms. The van der Waals surface area contributed by atoms with Crippen molar-refractivity contribution in [3.8, 4) is 11.3 Å². The second-order valence-corrected chi connectivity index (χ2v) is 5.65. The first-order valence-electron chi connectivity index (χ1n) is 7.31. The molecule has 2 rings (SSSR count). The van der Waals surface area contributed by atoms with Gasteiger partial charge in [0.25, 0.3) is 0 Å². The number of rotatable bonds is 8. The van der Waals surface area contributed by atoms with Crippen LogP contribution in [0.4, 0.5) is 0 Å². The van der Waals surface area contributed by atoms with E-state index in [9.17, 15) is 0 Å². The molecule has 2 aromatic rings. The normalized spacial score (nSPS) is 12.5. The second-order valence-electron chi connectivity index (χ2n) is 5.22. The van der Waals surface area contributed by atoms with Gasteiger partial charge < -0.3 is 20.2 Å². The van der Waals surface area contributed by atoms with E-state index in [2.05, 4.69) is 10.6 Å². The Balaban J connectivity index is 1.74. The lowest BCUT2D eigenvalue weighted by molar-refractivity contribution is -0.733. The van der Waals surface area contributed by atoms with Crippen molar-refractivity contribution < 1.29 is 20.2 Å². The van der Waals surface area contributed by atoms with Crippen LogP contribution in [0.2, 0.25) is 5.02 Å². The molecule has 21 heavy (non-hydrogen) atoms. The van der Waals surface area contributed by atoms with Crippen molar-refractivity contribution in [3.63, 3.8) is 0 Å². The van der Waals surface area contributed by atoms with E-state index in [4.69, 9.17) is 21.1 Å². The number of quaternary nitrogens is 2. The first-order chi connectivity index (χ1) is 10.1. The highest BCUT2D eigenvalue weighted by atomic mass is 35.5. The molecule has 0 unspecified atom stereocenters. The van der Waals surface area contributed by atoms with Gasteiger partial charge in [-0.15, -0.1) is 0 Å². The number of halogens is 1. The number of benzene rings is 1. The number of nitrogens with two attached hydrogens (primary N) is 2. The fourth-order valence-electron chi connectivity index (χ4n) is 2.10. The number of furan rings is 1. The fourth-order valence-corrected chi connectivity index (χ4v) is 2.22. The van der Waals surface area contributed by atoms with Gasteiger partial charge in [-0.05, 0) is 43.3 Å². The maximum atomic E-state index is 9.15. The van der Waals surface area contributed by atoms with Crippen molar-refractivity contribution in [1.82, 2.24) is 0 Å². The van der Waals surface area contributed by atoms with E-state index in [1.165, 1.54) is 0 Å². The van der Waals surface area contributed by atoms with Crippen molar-refractivity contribution >= 4 is 11.6 Å². The molecular formula is C16H23ClN2O2+2. The zero-order valence-electron chi connectivity index (χ0n) is 12.3. The fraction of sp³-hybridized carbons (Fsp3) is 0.375. The van der Waals surface area contributed by atoms with Crippen LogP contribution >= 0.6 is 11.6 Å². The lowest BCUT2D eigenvalue weighted by atomic mass is 10.2.